The third kappa shape index (κ3) is 2.45. The van der Waals surface area contributed by atoms with Gasteiger partial charge in [-0.3, -0.25) is 0 Å². The Labute approximate surface area is 105 Å². The molecule has 0 atom stereocenters. The summed E-state index contributed by atoms with van der Waals surface area (Å²) in [6.45, 7) is 1.78. The van der Waals surface area contributed by atoms with E-state index in [0.29, 0.717) is 28.5 Å². The van der Waals surface area contributed by atoms with Gasteiger partial charge >= 0.3 is 0 Å². The second-order valence-electron chi connectivity index (χ2n) is 3.66. The molecule has 0 bridgehead atoms. The average Bonchev–Trinajstić information content (AvgIpc) is 2.38. The molecule has 0 fully saturated rings. The molecule has 18 heavy (non-hydrogen) atoms. The molecule has 0 spiro atoms. The van der Waals surface area contributed by atoms with Gasteiger partial charge in [0.05, 0.1) is 17.2 Å². The van der Waals surface area contributed by atoms with Crippen LogP contribution in [0.2, 0.25) is 0 Å². The first kappa shape index (κ1) is 11.6. The Morgan fingerprint density at radius 2 is 1.89 bits per heavy atom. The maximum absolute atomic E-state index is 8.95. The maximum atomic E-state index is 8.95. The molecule has 1 heterocycles. The van der Waals surface area contributed by atoms with Gasteiger partial charge in [0.25, 0.3) is 0 Å². The van der Waals surface area contributed by atoms with Crippen molar-refractivity contribution in [2.75, 3.05) is 0 Å². The third-order valence-electron chi connectivity index (χ3n) is 2.28. The van der Waals surface area contributed by atoms with Gasteiger partial charge in [0.1, 0.15) is 11.8 Å². The van der Waals surface area contributed by atoms with E-state index < -0.39 is 0 Å². The summed E-state index contributed by atoms with van der Waals surface area (Å²) in [6.07, 6.45) is 0. The molecule has 0 aliphatic rings. The van der Waals surface area contributed by atoms with Gasteiger partial charge in [-0.05, 0) is 25.1 Å². The summed E-state index contributed by atoms with van der Waals surface area (Å²) in [6, 6.07) is 14.2. The van der Waals surface area contributed by atoms with Crippen molar-refractivity contribution in [3.8, 4) is 23.8 Å². The van der Waals surface area contributed by atoms with E-state index in [0.717, 1.165) is 0 Å². The van der Waals surface area contributed by atoms with Gasteiger partial charge in [0.2, 0.25) is 5.88 Å². The highest BCUT2D eigenvalue weighted by molar-refractivity contribution is 5.45. The van der Waals surface area contributed by atoms with Crippen LogP contribution in [0.1, 0.15) is 16.8 Å². The molecule has 0 saturated carbocycles. The second kappa shape index (κ2) is 4.99. The maximum Gasteiger partial charge on any atom is 0.220 e. The van der Waals surface area contributed by atoms with Crippen molar-refractivity contribution in [1.82, 2.24) is 4.98 Å². The largest absolute Gasteiger partial charge is 0.438 e. The molecule has 2 aromatic rings. The molecule has 0 saturated heterocycles. The summed E-state index contributed by atoms with van der Waals surface area (Å²) >= 11 is 0. The normalized spacial score (nSPS) is 9.28. The summed E-state index contributed by atoms with van der Waals surface area (Å²) in [5.41, 5.74) is 1.60. The van der Waals surface area contributed by atoms with Crippen molar-refractivity contribution >= 4 is 0 Å². The fraction of sp³-hybridized carbons (Fsp3) is 0.0714. The predicted molar refractivity (Wildman–Crippen MR) is 64.9 cm³/mol. The Bertz CT molecular complexity index is 665. The number of aryl methyl sites for hydroxylation is 1. The molecule has 0 radical (unpaired) electrons. The minimum absolute atomic E-state index is 0.314. The quantitative estimate of drug-likeness (QED) is 0.802. The molecule has 0 amide bonds. The Balaban J connectivity index is 2.38. The molecule has 0 aliphatic heterocycles. The predicted octanol–water partition coefficient (Wildman–Crippen LogP) is 2.93. The molecule has 4 heteroatoms. The van der Waals surface area contributed by atoms with Crippen LogP contribution >= 0.6 is 0 Å². The number of nitriles is 2. The highest BCUT2D eigenvalue weighted by Crippen LogP contribution is 2.24. The van der Waals surface area contributed by atoms with Gasteiger partial charge in [0.15, 0.2) is 0 Å². The number of pyridine rings is 1. The fourth-order valence-electron chi connectivity index (χ4n) is 1.52. The van der Waals surface area contributed by atoms with Crippen LogP contribution in [0, 0.1) is 29.6 Å². The summed E-state index contributed by atoms with van der Waals surface area (Å²) < 4.78 is 5.54. The van der Waals surface area contributed by atoms with Gasteiger partial charge in [-0.1, -0.05) is 12.1 Å². The number of aromatic nitrogens is 1. The van der Waals surface area contributed by atoms with Crippen LogP contribution in [0.15, 0.2) is 36.4 Å². The van der Waals surface area contributed by atoms with E-state index >= 15 is 0 Å². The van der Waals surface area contributed by atoms with E-state index in [1.807, 2.05) is 12.1 Å². The Hall–Kier alpha value is -2.85. The third-order valence-corrected chi connectivity index (χ3v) is 2.28. The van der Waals surface area contributed by atoms with Crippen LogP contribution in [0.3, 0.4) is 0 Å². The lowest BCUT2D eigenvalue weighted by Crippen LogP contribution is -1.93. The summed E-state index contributed by atoms with van der Waals surface area (Å²) in [5.74, 6) is 0.747. The molecule has 4 nitrogen and oxygen atoms in total. The number of benzene rings is 1. The van der Waals surface area contributed by atoms with Crippen molar-refractivity contribution in [1.29, 1.82) is 10.5 Å². The van der Waals surface area contributed by atoms with Crippen LogP contribution in [0.25, 0.3) is 0 Å². The van der Waals surface area contributed by atoms with Gasteiger partial charge in [-0.2, -0.15) is 10.5 Å². The molecule has 1 aromatic carbocycles. The first-order chi connectivity index (χ1) is 8.72. The van der Waals surface area contributed by atoms with E-state index in [9.17, 15) is 0 Å². The highest BCUT2D eigenvalue weighted by Gasteiger charge is 2.06. The lowest BCUT2D eigenvalue weighted by molar-refractivity contribution is 0.460. The van der Waals surface area contributed by atoms with Gasteiger partial charge < -0.3 is 4.74 Å². The van der Waals surface area contributed by atoms with E-state index in [1.165, 1.54) is 0 Å². The van der Waals surface area contributed by atoms with Gasteiger partial charge in [-0.25, -0.2) is 4.98 Å². The van der Waals surface area contributed by atoms with Crippen molar-refractivity contribution in [2.45, 2.75) is 6.92 Å². The van der Waals surface area contributed by atoms with Crippen molar-refractivity contribution in [3.63, 3.8) is 0 Å². The number of hydrogen-bond acceptors (Lipinski definition) is 4. The van der Waals surface area contributed by atoms with Crippen molar-refractivity contribution in [3.05, 3.63) is 53.2 Å². The van der Waals surface area contributed by atoms with E-state index in [2.05, 4.69) is 4.98 Å². The molecule has 1 aromatic heterocycles. The van der Waals surface area contributed by atoms with Crippen molar-refractivity contribution < 1.29 is 4.74 Å². The number of ether oxygens (including phenoxy) is 1. The van der Waals surface area contributed by atoms with Gasteiger partial charge in [0, 0.05) is 11.8 Å². The average molecular weight is 235 g/mol. The molecular formula is C14H9N3O. The number of para-hydroxylation sites is 1. The molecular weight excluding hydrogens is 226 g/mol. The molecule has 86 valence electrons. The first-order valence-corrected chi connectivity index (χ1v) is 5.28. The smallest absolute Gasteiger partial charge is 0.220 e. The number of nitrogens with zero attached hydrogens (tertiary/aromatic N) is 3. The molecule has 0 unspecified atom stereocenters. The highest BCUT2D eigenvalue weighted by atomic mass is 16.5. The Kier molecular flexibility index (Phi) is 3.22. The van der Waals surface area contributed by atoms with Crippen LogP contribution in [0.5, 0.6) is 11.6 Å². The monoisotopic (exact) mass is 235 g/mol. The SMILES string of the molecule is Cc1cc(C#N)cc(Oc2ccccc2C#N)n1. The molecule has 0 N–H and O–H groups in total. The van der Waals surface area contributed by atoms with E-state index in [1.54, 1.807) is 43.3 Å². The topological polar surface area (TPSA) is 69.7 Å². The van der Waals surface area contributed by atoms with E-state index in [4.69, 9.17) is 15.3 Å². The number of hydrogen-bond donors (Lipinski definition) is 0. The standard InChI is InChI=1S/C14H9N3O/c1-10-6-11(8-15)7-14(17-10)18-13-5-3-2-4-12(13)9-16/h2-7H,1H3. The zero-order valence-electron chi connectivity index (χ0n) is 9.71. The Morgan fingerprint density at radius 1 is 1.11 bits per heavy atom. The fourth-order valence-corrected chi connectivity index (χ4v) is 1.52. The van der Waals surface area contributed by atoms with Crippen LogP contribution in [-0.2, 0) is 0 Å². The summed E-state index contributed by atoms with van der Waals surface area (Å²) in [5, 5.41) is 17.8. The van der Waals surface area contributed by atoms with Crippen LogP contribution in [0.4, 0.5) is 0 Å². The Morgan fingerprint density at radius 3 is 2.61 bits per heavy atom. The molecule has 2 rings (SSSR count). The minimum Gasteiger partial charge on any atom is -0.438 e. The zero-order chi connectivity index (χ0) is 13.0. The second-order valence-corrected chi connectivity index (χ2v) is 3.66. The van der Waals surface area contributed by atoms with Crippen LogP contribution < -0.4 is 4.74 Å². The minimum atomic E-state index is 0.314. The lowest BCUT2D eigenvalue weighted by atomic mass is 10.2. The zero-order valence-corrected chi connectivity index (χ0v) is 9.71. The van der Waals surface area contributed by atoms with E-state index in [-0.39, 0.29) is 0 Å². The number of rotatable bonds is 2. The first-order valence-electron chi connectivity index (χ1n) is 5.28. The summed E-state index contributed by atoms with van der Waals surface area (Å²) in [4.78, 5) is 4.17. The lowest BCUT2D eigenvalue weighted by Gasteiger charge is -2.07. The van der Waals surface area contributed by atoms with Gasteiger partial charge in [-0.15, -0.1) is 0 Å². The van der Waals surface area contributed by atoms with Crippen molar-refractivity contribution in [2.24, 2.45) is 0 Å². The summed E-state index contributed by atoms with van der Waals surface area (Å²) in [7, 11) is 0. The molecule has 0 aliphatic carbocycles. The van der Waals surface area contributed by atoms with Crippen LogP contribution in [-0.4, -0.2) is 4.98 Å².